The van der Waals surface area contributed by atoms with E-state index in [2.05, 4.69) is 46.4 Å². The molecule has 0 aromatic heterocycles. The summed E-state index contributed by atoms with van der Waals surface area (Å²) in [6.45, 7) is 13.4. The molecular weight excluding hydrogens is 182 g/mol. The van der Waals surface area contributed by atoms with E-state index in [1.165, 1.54) is 11.1 Å². The molecule has 0 amide bonds. The monoisotopic (exact) mass is 205 g/mol. The number of rotatable bonds is 3. The Morgan fingerprint density at radius 1 is 1.53 bits per heavy atom. The molecule has 0 saturated heterocycles. The van der Waals surface area contributed by atoms with Gasteiger partial charge in [-0.1, -0.05) is 43.2 Å². The van der Waals surface area contributed by atoms with Crippen molar-refractivity contribution in [2.24, 2.45) is 23.0 Å². The second kappa shape index (κ2) is 4.36. The molecule has 0 aromatic rings. The van der Waals surface area contributed by atoms with E-state index >= 15 is 0 Å². The van der Waals surface area contributed by atoms with Gasteiger partial charge in [0.05, 0.1) is 0 Å². The van der Waals surface area contributed by atoms with Gasteiger partial charge >= 0.3 is 0 Å². The summed E-state index contributed by atoms with van der Waals surface area (Å²) >= 11 is 0. The van der Waals surface area contributed by atoms with Crippen molar-refractivity contribution in [3.63, 3.8) is 0 Å². The molecule has 1 nitrogen and oxygen atoms in total. The van der Waals surface area contributed by atoms with Crippen LogP contribution in [0.3, 0.4) is 0 Å². The fourth-order valence-corrected chi connectivity index (χ4v) is 2.88. The zero-order valence-corrected chi connectivity index (χ0v) is 10.4. The van der Waals surface area contributed by atoms with Crippen molar-refractivity contribution in [1.29, 1.82) is 0 Å². The lowest BCUT2D eigenvalue weighted by molar-refractivity contribution is 0.251. The number of hydrogen-bond acceptors (Lipinski definition) is 1. The van der Waals surface area contributed by atoms with E-state index in [1.54, 1.807) is 0 Å². The molecule has 0 heterocycles. The van der Waals surface area contributed by atoms with Gasteiger partial charge in [0, 0.05) is 12.0 Å². The highest BCUT2D eigenvalue weighted by Crippen LogP contribution is 2.42. The topological polar surface area (TPSA) is 26.0 Å². The van der Waals surface area contributed by atoms with Crippen LogP contribution in [0, 0.1) is 17.3 Å². The van der Waals surface area contributed by atoms with Crippen molar-refractivity contribution < 1.29 is 0 Å². The third-order valence-corrected chi connectivity index (χ3v) is 3.61. The second-order valence-electron chi connectivity index (χ2n) is 5.05. The summed E-state index contributed by atoms with van der Waals surface area (Å²) in [6.07, 6.45) is 6.61. The van der Waals surface area contributed by atoms with E-state index in [0.29, 0.717) is 18.4 Å². The first-order chi connectivity index (χ1) is 6.94. The maximum atomic E-state index is 5.89. The summed E-state index contributed by atoms with van der Waals surface area (Å²) < 4.78 is 0. The lowest BCUT2D eigenvalue weighted by Gasteiger charge is -2.40. The van der Waals surface area contributed by atoms with Crippen molar-refractivity contribution in [2.45, 2.75) is 27.7 Å². The molecule has 0 fully saturated rings. The number of allylic oxidation sites excluding steroid dienone is 4. The summed E-state index contributed by atoms with van der Waals surface area (Å²) in [6, 6.07) is 0. The van der Waals surface area contributed by atoms with Crippen LogP contribution < -0.4 is 5.73 Å². The molecular formula is C14H23N. The van der Waals surface area contributed by atoms with Crippen LogP contribution >= 0.6 is 0 Å². The molecule has 1 aliphatic carbocycles. The summed E-state index contributed by atoms with van der Waals surface area (Å²) in [5, 5.41) is 0. The molecule has 0 spiro atoms. The first-order valence-corrected chi connectivity index (χ1v) is 5.65. The van der Waals surface area contributed by atoms with Gasteiger partial charge in [0.15, 0.2) is 0 Å². The minimum atomic E-state index is 0.0111. The maximum Gasteiger partial charge on any atom is 0.00443 e. The van der Waals surface area contributed by atoms with E-state index in [9.17, 15) is 0 Å². The second-order valence-corrected chi connectivity index (χ2v) is 5.05. The Balaban J connectivity index is 3.07. The van der Waals surface area contributed by atoms with E-state index < -0.39 is 0 Å². The van der Waals surface area contributed by atoms with Gasteiger partial charge in [0.25, 0.3) is 0 Å². The molecule has 0 aliphatic heterocycles. The predicted molar refractivity (Wildman–Crippen MR) is 67.5 cm³/mol. The molecule has 0 radical (unpaired) electrons. The fourth-order valence-electron chi connectivity index (χ4n) is 2.88. The van der Waals surface area contributed by atoms with Gasteiger partial charge in [-0.25, -0.2) is 0 Å². The zero-order chi connectivity index (χ0) is 11.6. The Morgan fingerprint density at radius 2 is 2.13 bits per heavy atom. The van der Waals surface area contributed by atoms with Crippen molar-refractivity contribution in [2.75, 3.05) is 6.54 Å². The molecule has 2 N–H and O–H groups in total. The van der Waals surface area contributed by atoms with Gasteiger partial charge < -0.3 is 5.73 Å². The fraction of sp³-hybridized carbons (Fsp3) is 0.571. The average Bonchev–Trinajstić information content (AvgIpc) is 2.15. The minimum absolute atomic E-state index is 0.0111. The van der Waals surface area contributed by atoms with Crippen molar-refractivity contribution >= 4 is 0 Å². The van der Waals surface area contributed by atoms with E-state index in [0.717, 1.165) is 0 Å². The first kappa shape index (κ1) is 12.3. The molecule has 15 heavy (non-hydrogen) atoms. The molecule has 0 saturated carbocycles. The summed E-state index contributed by atoms with van der Waals surface area (Å²) in [5.41, 5.74) is 8.69. The minimum Gasteiger partial charge on any atom is -0.330 e. The van der Waals surface area contributed by atoms with E-state index in [4.69, 9.17) is 5.73 Å². The van der Waals surface area contributed by atoms with Gasteiger partial charge in [-0.3, -0.25) is 0 Å². The van der Waals surface area contributed by atoms with Crippen molar-refractivity contribution in [3.05, 3.63) is 36.0 Å². The van der Waals surface area contributed by atoms with Crippen LogP contribution in [-0.2, 0) is 0 Å². The molecule has 0 bridgehead atoms. The molecule has 3 atom stereocenters. The number of hydrogen-bond donors (Lipinski definition) is 1. The summed E-state index contributed by atoms with van der Waals surface area (Å²) in [4.78, 5) is 0. The van der Waals surface area contributed by atoms with Crippen LogP contribution in [0.2, 0.25) is 0 Å². The highest BCUT2D eigenvalue weighted by molar-refractivity contribution is 5.31. The van der Waals surface area contributed by atoms with Crippen LogP contribution in [0.15, 0.2) is 36.0 Å². The summed E-state index contributed by atoms with van der Waals surface area (Å²) in [7, 11) is 0. The van der Waals surface area contributed by atoms with Crippen molar-refractivity contribution in [3.8, 4) is 0 Å². The molecule has 0 aromatic carbocycles. The van der Waals surface area contributed by atoms with Gasteiger partial charge in [-0.05, 0) is 25.7 Å². The Bertz CT molecular complexity index is 311. The summed E-state index contributed by atoms with van der Waals surface area (Å²) in [5.74, 6) is 1.03. The van der Waals surface area contributed by atoms with Crippen LogP contribution in [0.5, 0.6) is 0 Å². The lowest BCUT2D eigenvalue weighted by Crippen LogP contribution is -2.38. The van der Waals surface area contributed by atoms with Gasteiger partial charge in [-0.2, -0.15) is 0 Å². The smallest absolute Gasteiger partial charge is 0.00443 e. The van der Waals surface area contributed by atoms with Gasteiger partial charge in [0.1, 0.15) is 0 Å². The third-order valence-electron chi connectivity index (χ3n) is 3.61. The highest BCUT2D eigenvalue weighted by Gasteiger charge is 2.35. The standard InChI is InChI=1S/C14H23N/c1-6-14(5,9-15)13-11(3)7-10(2)8-12(13)4/h6-8,11,13H,1,9,15H2,2-5H3. The Morgan fingerprint density at radius 3 is 2.53 bits per heavy atom. The third kappa shape index (κ3) is 2.23. The highest BCUT2D eigenvalue weighted by atomic mass is 14.6. The molecule has 84 valence electrons. The Labute approximate surface area is 93.7 Å². The van der Waals surface area contributed by atoms with Crippen LogP contribution in [0.25, 0.3) is 0 Å². The van der Waals surface area contributed by atoms with Crippen molar-refractivity contribution in [1.82, 2.24) is 0 Å². The van der Waals surface area contributed by atoms with Crippen LogP contribution in [0.4, 0.5) is 0 Å². The molecule has 1 heteroatoms. The average molecular weight is 205 g/mol. The Hall–Kier alpha value is -0.820. The largest absolute Gasteiger partial charge is 0.330 e. The van der Waals surface area contributed by atoms with Gasteiger partial charge in [0.2, 0.25) is 0 Å². The van der Waals surface area contributed by atoms with E-state index in [-0.39, 0.29) is 5.41 Å². The van der Waals surface area contributed by atoms with Crippen LogP contribution in [0.1, 0.15) is 27.7 Å². The maximum absolute atomic E-state index is 5.89. The molecule has 1 rings (SSSR count). The lowest BCUT2D eigenvalue weighted by atomic mass is 9.65. The normalized spacial score (nSPS) is 30.2. The van der Waals surface area contributed by atoms with Crippen LogP contribution in [-0.4, -0.2) is 6.54 Å². The number of nitrogens with two attached hydrogens (primary N) is 1. The quantitative estimate of drug-likeness (QED) is 0.703. The molecule has 1 aliphatic rings. The predicted octanol–water partition coefficient (Wildman–Crippen LogP) is 3.30. The molecule has 3 unspecified atom stereocenters. The zero-order valence-electron chi connectivity index (χ0n) is 10.4. The SMILES string of the molecule is C=CC(C)(CN)C1C(C)=CC(C)=CC1C. The first-order valence-electron chi connectivity index (χ1n) is 5.65. The Kier molecular flexibility index (Phi) is 3.56. The van der Waals surface area contributed by atoms with Gasteiger partial charge in [-0.15, -0.1) is 6.58 Å². The van der Waals surface area contributed by atoms with E-state index in [1.807, 2.05) is 6.08 Å².